The summed E-state index contributed by atoms with van der Waals surface area (Å²) in [6.07, 6.45) is 0.946. The van der Waals surface area contributed by atoms with E-state index in [2.05, 4.69) is 9.97 Å². The van der Waals surface area contributed by atoms with E-state index in [0.29, 0.717) is 60.8 Å². The number of rotatable bonds is 6. The predicted molar refractivity (Wildman–Crippen MR) is 104 cm³/mol. The number of fused-ring (bicyclic) bond motifs is 1. The molecule has 1 aliphatic rings. The van der Waals surface area contributed by atoms with Gasteiger partial charge in [0.1, 0.15) is 5.82 Å². The average Bonchev–Trinajstić information content (AvgIpc) is 2.71. The number of H-pyrrole nitrogens is 1. The molecular formula is C19H26N4O5. The molecule has 2 aromatic rings. The van der Waals surface area contributed by atoms with Crippen molar-refractivity contribution in [2.75, 3.05) is 34.0 Å². The van der Waals surface area contributed by atoms with Crippen molar-refractivity contribution >= 4 is 16.8 Å². The van der Waals surface area contributed by atoms with Gasteiger partial charge in [-0.15, -0.1) is 0 Å². The molecule has 2 heterocycles. The van der Waals surface area contributed by atoms with Gasteiger partial charge in [-0.2, -0.15) is 0 Å². The van der Waals surface area contributed by atoms with Crippen LogP contribution in [0.25, 0.3) is 10.9 Å². The van der Waals surface area contributed by atoms with E-state index in [1.54, 1.807) is 17.0 Å². The van der Waals surface area contributed by atoms with Crippen LogP contribution < -0.4 is 20.8 Å². The zero-order chi connectivity index (χ0) is 20.3. The third-order valence-electron chi connectivity index (χ3n) is 5.08. The lowest BCUT2D eigenvalue weighted by Crippen LogP contribution is -2.57. The minimum Gasteiger partial charge on any atom is -0.493 e. The van der Waals surface area contributed by atoms with E-state index in [0.717, 1.165) is 0 Å². The SMILES string of the molecule is CCN(Cc1nc2cc(OC)c(OC)cc2c(=O)[nH]1)C(=O)C1(N)CCOCC1. The lowest BCUT2D eigenvalue weighted by atomic mass is 9.89. The average molecular weight is 390 g/mol. The number of ether oxygens (including phenoxy) is 3. The van der Waals surface area contributed by atoms with Crippen LogP contribution in [0.1, 0.15) is 25.6 Å². The number of amides is 1. The van der Waals surface area contributed by atoms with Crippen molar-refractivity contribution in [1.29, 1.82) is 0 Å². The summed E-state index contributed by atoms with van der Waals surface area (Å²) in [5.74, 6) is 1.15. The molecule has 0 saturated carbocycles. The maximum Gasteiger partial charge on any atom is 0.258 e. The van der Waals surface area contributed by atoms with Crippen molar-refractivity contribution in [2.24, 2.45) is 5.73 Å². The number of nitrogens with one attached hydrogen (secondary N) is 1. The molecule has 0 aliphatic carbocycles. The number of carbonyl (C=O) groups excluding carboxylic acids is 1. The van der Waals surface area contributed by atoms with Gasteiger partial charge < -0.3 is 29.8 Å². The quantitative estimate of drug-likeness (QED) is 0.748. The molecule has 0 radical (unpaired) electrons. The van der Waals surface area contributed by atoms with Gasteiger partial charge in [0, 0.05) is 25.8 Å². The minimum atomic E-state index is -0.942. The van der Waals surface area contributed by atoms with Gasteiger partial charge in [0.05, 0.1) is 37.2 Å². The molecule has 1 saturated heterocycles. The first-order valence-electron chi connectivity index (χ1n) is 9.22. The fourth-order valence-corrected chi connectivity index (χ4v) is 3.36. The summed E-state index contributed by atoms with van der Waals surface area (Å²) in [5, 5.41) is 0.385. The molecule has 3 rings (SSSR count). The van der Waals surface area contributed by atoms with Gasteiger partial charge >= 0.3 is 0 Å². The summed E-state index contributed by atoms with van der Waals surface area (Å²) in [4.78, 5) is 34.4. The number of benzene rings is 1. The Kier molecular flexibility index (Phi) is 5.85. The molecule has 0 atom stereocenters. The number of hydrogen-bond acceptors (Lipinski definition) is 7. The molecule has 1 fully saturated rings. The van der Waals surface area contributed by atoms with Crippen LogP contribution in [0.2, 0.25) is 0 Å². The van der Waals surface area contributed by atoms with E-state index >= 15 is 0 Å². The van der Waals surface area contributed by atoms with E-state index in [-0.39, 0.29) is 18.0 Å². The Morgan fingerprint density at radius 3 is 2.54 bits per heavy atom. The number of nitrogens with two attached hydrogens (primary N) is 1. The Bertz CT molecular complexity index is 920. The fraction of sp³-hybridized carbons (Fsp3) is 0.526. The van der Waals surface area contributed by atoms with Gasteiger partial charge in [-0.05, 0) is 25.8 Å². The van der Waals surface area contributed by atoms with Crippen molar-refractivity contribution in [2.45, 2.75) is 31.8 Å². The van der Waals surface area contributed by atoms with Crippen LogP contribution in [-0.2, 0) is 16.1 Å². The molecular weight excluding hydrogens is 364 g/mol. The van der Waals surface area contributed by atoms with Crippen LogP contribution in [0.15, 0.2) is 16.9 Å². The largest absolute Gasteiger partial charge is 0.493 e. The number of methoxy groups -OCH3 is 2. The van der Waals surface area contributed by atoms with Gasteiger partial charge in [-0.3, -0.25) is 9.59 Å². The molecule has 9 nitrogen and oxygen atoms in total. The Morgan fingerprint density at radius 2 is 1.93 bits per heavy atom. The van der Waals surface area contributed by atoms with Crippen LogP contribution in [0.5, 0.6) is 11.5 Å². The minimum absolute atomic E-state index is 0.159. The van der Waals surface area contributed by atoms with Crippen molar-refractivity contribution < 1.29 is 19.0 Å². The van der Waals surface area contributed by atoms with Crippen molar-refractivity contribution in [3.05, 3.63) is 28.3 Å². The molecule has 28 heavy (non-hydrogen) atoms. The number of aromatic nitrogens is 2. The highest BCUT2D eigenvalue weighted by molar-refractivity contribution is 5.86. The monoisotopic (exact) mass is 390 g/mol. The highest BCUT2D eigenvalue weighted by Gasteiger charge is 2.38. The summed E-state index contributed by atoms with van der Waals surface area (Å²) in [7, 11) is 3.02. The Hall–Kier alpha value is -2.65. The molecule has 152 valence electrons. The molecule has 1 aliphatic heterocycles. The maximum absolute atomic E-state index is 13.0. The highest BCUT2D eigenvalue weighted by Crippen LogP contribution is 2.30. The third kappa shape index (κ3) is 3.81. The first-order valence-corrected chi connectivity index (χ1v) is 9.22. The van der Waals surface area contributed by atoms with Crippen molar-refractivity contribution in [3.63, 3.8) is 0 Å². The Balaban J connectivity index is 1.92. The van der Waals surface area contributed by atoms with Gasteiger partial charge in [0.2, 0.25) is 5.91 Å². The standard InChI is InChI=1S/C19H26N4O5/c1-4-23(18(25)19(20)5-7-28-8-6-19)11-16-21-13-10-15(27-3)14(26-2)9-12(13)17(24)22-16/h9-10H,4-8,11,20H2,1-3H3,(H,21,22,24). The molecule has 1 amide bonds. The van der Waals surface area contributed by atoms with Crippen molar-refractivity contribution in [1.82, 2.24) is 14.9 Å². The fourth-order valence-electron chi connectivity index (χ4n) is 3.36. The summed E-state index contributed by atoms with van der Waals surface area (Å²) in [6, 6.07) is 3.23. The molecule has 9 heteroatoms. The topological polar surface area (TPSA) is 120 Å². The molecule has 0 spiro atoms. The normalized spacial score (nSPS) is 16.0. The Morgan fingerprint density at radius 1 is 1.29 bits per heavy atom. The second-order valence-electron chi connectivity index (χ2n) is 6.82. The van der Waals surface area contributed by atoms with Crippen LogP contribution in [-0.4, -0.2) is 60.3 Å². The molecule has 3 N–H and O–H groups in total. The predicted octanol–water partition coefficient (Wildman–Crippen LogP) is 0.797. The van der Waals surface area contributed by atoms with E-state index in [1.807, 2.05) is 6.92 Å². The van der Waals surface area contributed by atoms with E-state index in [1.165, 1.54) is 14.2 Å². The molecule has 1 aromatic carbocycles. The number of nitrogens with zero attached hydrogens (tertiary/aromatic N) is 2. The van der Waals surface area contributed by atoms with Gasteiger partial charge in [-0.1, -0.05) is 0 Å². The first kappa shape index (κ1) is 20.1. The van der Waals surface area contributed by atoms with Crippen LogP contribution in [0.4, 0.5) is 0 Å². The van der Waals surface area contributed by atoms with E-state index < -0.39 is 5.54 Å². The van der Waals surface area contributed by atoms with Gasteiger partial charge in [0.15, 0.2) is 11.5 Å². The number of likely N-dealkylation sites (N-methyl/N-ethyl adjacent to an activating group) is 1. The number of hydrogen-bond donors (Lipinski definition) is 2. The zero-order valence-corrected chi connectivity index (χ0v) is 16.4. The van der Waals surface area contributed by atoms with Crippen LogP contribution >= 0.6 is 0 Å². The van der Waals surface area contributed by atoms with Crippen molar-refractivity contribution in [3.8, 4) is 11.5 Å². The number of aromatic amines is 1. The molecule has 0 bridgehead atoms. The van der Waals surface area contributed by atoms with Gasteiger partial charge in [0.25, 0.3) is 5.56 Å². The van der Waals surface area contributed by atoms with E-state index in [9.17, 15) is 9.59 Å². The summed E-state index contributed by atoms with van der Waals surface area (Å²) >= 11 is 0. The van der Waals surface area contributed by atoms with E-state index in [4.69, 9.17) is 19.9 Å². The lowest BCUT2D eigenvalue weighted by Gasteiger charge is -2.36. The maximum atomic E-state index is 13.0. The summed E-state index contributed by atoms with van der Waals surface area (Å²) in [5.41, 5.74) is 5.55. The lowest BCUT2D eigenvalue weighted by molar-refractivity contribution is -0.141. The first-order chi connectivity index (χ1) is 13.4. The smallest absolute Gasteiger partial charge is 0.258 e. The molecule has 0 unspecified atom stereocenters. The molecule has 1 aromatic heterocycles. The van der Waals surface area contributed by atoms with Gasteiger partial charge in [-0.25, -0.2) is 4.98 Å². The second kappa shape index (κ2) is 8.15. The summed E-state index contributed by atoms with van der Waals surface area (Å²) in [6.45, 7) is 3.41. The van der Waals surface area contributed by atoms with Crippen LogP contribution in [0.3, 0.4) is 0 Å². The third-order valence-corrected chi connectivity index (χ3v) is 5.08. The summed E-state index contributed by atoms with van der Waals surface area (Å²) < 4.78 is 15.8. The highest BCUT2D eigenvalue weighted by atomic mass is 16.5. The number of carbonyl (C=O) groups is 1. The Labute approximate surface area is 162 Å². The zero-order valence-electron chi connectivity index (χ0n) is 16.4. The van der Waals surface area contributed by atoms with Crippen LogP contribution in [0, 0.1) is 0 Å². The second-order valence-corrected chi connectivity index (χ2v) is 6.82.